The van der Waals surface area contributed by atoms with Crippen molar-refractivity contribution < 1.29 is 14.0 Å². The molecule has 3 aromatic rings. The van der Waals surface area contributed by atoms with Gasteiger partial charge in [0.2, 0.25) is 0 Å². The summed E-state index contributed by atoms with van der Waals surface area (Å²) >= 11 is 6.18. The van der Waals surface area contributed by atoms with E-state index in [1.807, 2.05) is 18.2 Å². The van der Waals surface area contributed by atoms with Crippen molar-refractivity contribution in [2.24, 2.45) is 0 Å². The van der Waals surface area contributed by atoms with Gasteiger partial charge in [-0.05, 0) is 31.0 Å². The highest BCUT2D eigenvalue weighted by atomic mass is 35.5. The Hall–Kier alpha value is -3.06. The molecule has 4 rings (SSSR count). The first-order valence-electron chi connectivity index (χ1n) is 9.04. The summed E-state index contributed by atoms with van der Waals surface area (Å²) in [7, 11) is 0. The topological polar surface area (TPSA) is 80.4 Å². The molecule has 0 bridgehead atoms. The van der Waals surface area contributed by atoms with Crippen LogP contribution >= 0.6 is 11.6 Å². The number of halogens is 1. The molecule has 1 N–H and O–H groups in total. The van der Waals surface area contributed by atoms with Gasteiger partial charge >= 0.3 is 0 Å². The molecule has 28 heavy (non-hydrogen) atoms. The fraction of sp³-hybridized carbons (Fsp3) is 0.250. The molecular formula is C20H19ClN4O3. The van der Waals surface area contributed by atoms with E-state index in [0.717, 1.165) is 0 Å². The van der Waals surface area contributed by atoms with E-state index in [2.05, 4.69) is 10.4 Å². The average Bonchev–Trinajstić information content (AvgIpc) is 3.41. The highest BCUT2D eigenvalue weighted by Crippen LogP contribution is 2.20. The van der Waals surface area contributed by atoms with Crippen LogP contribution in [0, 0.1) is 0 Å². The number of furan rings is 1. The Morgan fingerprint density at radius 2 is 1.93 bits per heavy atom. The fourth-order valence-electron chi connectivity index (χ4n) is 3.27. The van der Waals surface area contributed by atoms with Gasteiger partial charge in [0.25, 0.3) is 11.8 Å². The van der Waals surface area contributed by atoms with Crippen molar-refractivity contribution in [1.29, 1.82) is 0 Å². The van der Waals surface area contributed by atoms with Crippen molar-refractivity contribution in [3.05, 3.63) is 71.4 Å². The molecule has 0 spiro atoms. The summed E-state index contributed by atoms with van der Waals surface area (Å²) in [5.41, 5.74) is 1.74. The summed E-state index contributed by atoms with van der Waals surface area (Å²) in [6.45, 7) is 1.18. The zero-order valence-electron chi connectivity index (χ0n) is 15.0. The molecule has 0 saturated carbocycles. The van der Waals surface area contributed by atoms with E-state index in [0.29, 0.717) is 47.8 Å². The second kappa shape index (κ2) is 7.90. The average molecular weight is 399 g/mol. The second-order valence-corrected chi connectivity index (χ2v) is 7.08. The smallest absolute Gasteiger partial charge is 0.257 e. The highest BCUT2D eigenvalue weighted by molar-refractivity contribution is 6.32. The van der Waals surface area contributed by atoms with Gasteiger partial charge in [-0.3, -0.25) is 9.59 Å². The van der Waals surface area contributed by atoms with Crippen LogP contribution in [0.3, 0.4) is 0 Å². The van der Waals surface area contributed by atoms with Gasteiger partial charge in [-0.25, -0.2) is 4.68 Å². The molecule has 8 heteroatoms. The Bertz CT molecular complexity index is 975. The van der Waals surface area contributed by atoms with Crippen molar-refractivity contribution in [3.8, 4) is 5.69 Å². The monoisotopic (exact) mass is 398 g/mol. The van der Waals surface area contributed by atoms with Crippen LogP contribution < -0.4 is 5.32 Å². The van der Waals surface area contributed by atoms with E-state index in [9.17, 15) is 9.59 Å². The molecule has 1 aliphatic rings. The van der Waals surface area contributed by atoms with Gasteiger partial charge < -0.3 is 14.6 Å². The van der Waals surface area contributed by atoms with E-state index in [1.165, 1.54) is 18.7 Å². The Labute approximate surface area is 166 Å². The van der Waals surface area contributed by atoms with Crippen molar-refractivity contribution in [1.82, 2.24) is 20.0 Å². The molecular weight excluding hydrogens is 380 g/mol. The SMILES string of the molecule is O=C(NC1CCN(C(=O)c2ccoc2)CC1)c1cnn(-c2ccccc2Cl)c1. The summed E-state index contributed by atoms with van der Waals surface area (Å²) in [4.78, 5) is 26.7. The standard InChI is InChI=1S/C20H19ClN4O3/c21-17-3-1-2-4-18(17)25-12-15(11-22-25)19(26)23-16-5-8-24(9-6-16)20(27)14-7-10-28-13-14/h1-4,7,10-13,16H,5-6,8-9H2,(H,23,26). The normalized spacial score (nSPS) is 14.8. The number of para-hydroxylation sites is 1. The lowest BCUT2D eigenvalue weighted by Gasteiger charge is -2.32. The van der Waals surface area contributed by atoms with Crippen molar-refractivity contribution in [2.75, 3.05) is 13.1 Å². The highest BCUT2D eigenvalue weighted by Gasteiger charge is 2.25. The molecule has 0 aliphatic carbocycles. The van der Waals surface area contributed by atoms with Gasteiger partial charge in [0, 0.05) is 25.3 Å². The predicted molar refractivity (Wildman–Crippen MR) is 104 cm³/mol. The van der Waals surface area contributed by atoms with Crippen LogP contribution in [0.1, 0.15) is 33.6 Å². The van der Waals surface area contributed by atoms with Gasteiger partial charge in [-0.2, -0.15) is 5.10 Å². The number of benzene rings is 1. The molecule has 0 unspecified atom stereocenters. The molecule has 144 valence electrons. The first-order chi connectivity index (χ1) is 13.6. The van der Waals surface area contributed by atoms with Crippen LogP contribution in [0.25, 0.3) is 5.69 Å². The summed E-state index contributed by atoms with van der Waals surface area (Å²) in [5, 5.41) is 7.82. The first kappa shape index (κ1) is 18.3. The number of likely N-dealkylation sites (tertiary alicyclic amines) is 1. The Balaban J connectivity index is 1.34. The minimum atomic E-state index is -0.182. The molecule has 7 nitrogen and oxygen atoms in total. The largest absolute Gasteiger partial charge is 0.472 e. The molecule has 0 atom stereocenters. The zero-order valence-corrected chi connectivity index (χ0v) is 15.8. The van der Waals surface area contributed by atoms with E-state index < -0.39 is 0 Å². The van der Waals surface area contributed by atoms with E-state index >= 15 is 0 Å². The van der Waals surface area contributed by atoms with Crippen molar-refractivity contribution in [2.45, 2.75) is 18.9 Å². The number of hydrogen-bond acceptors (Lipinski definition) is 4. The number of hydrogen-bond donors (Lipinski definition) is 1. The number of aromatic nitrogens is 2. The minimum Gasteiger partial charge on any atom is -0.472 e. The van der Waals surface area contributed by atoms with Gasteiger partial charge in [0.1, 0.15) is 6.26 Å². The third kappa shape index (κ3) is 3.80. The molecule has 1 saturated heterocycles. The second-order valence-electron chi connectivity index (χ2n) is 6.68. The van der Waals surface area contributed by atoms with Crippen LogP contribution in [0.15, 0.2) is 59.7 Å². The van der Waals surface area contributed by atoms with Crippen molar-refractivity contribution >= 4 is 23.4 Å². The summed E-state index contributed by atoms with van der Waals surface area (Å²) in [5.74, 6) is -0.225. The molecule has 2 amide bonds. The molecule has 1 aromatic carbocycles. The van der Waals surface area contributed by atoms with E-state index in [-0.39, 0.29) is 17.9 Å². The maximum atomic E-state index is 12.6. The van der Waals surface area contributed by atoms with Crippen LogP contribution in [0.5, 0.6) is 0 Å². The van der Waals surface area contributed by atoms with Crippen LogP contribution in [-0.4, -0.2) is 45.6 Å². The number of nitrogens with one attached hydrogen (secondary N) is 1. The first-order valence-corrected chi connectivity index (χ1v) is 9.41. The van der Waals surface area contributed by atoms with E-state index in [4.69, 9.17) is 16.0 Å². The number of amides is 2. The lowest BCUT2D eigenvalue weighted by molar-refractivity contribution is 0.0697. The summed E-state index contributed by atoms with van der Waals surface area (Å²) in [6.07, 6.45) is 7.53. The lowest BCUT2D eigenvalue weighted by atomic mass is 10.0. The number of rotatable bonds is 4. The Kier molecular flexibility index (Phi) is 5.16. The van der Waals surface area contributed by atoms with Crippen LogP contribution in [0.2, 0.25) is 5.02 Å². The number of piperidine rings is 1. The Morgan fingerprint density at radius 1 is 1.14 bits per heavy atom. The molecule has 1 fully saturated rings. The molecule has 3 heterocycles. The summed E-state index contributed by atoms with van der Waals surface area (Å²) in [6, 6.07) is 8.99. The minimum absolute atomic E-state index is 0.0181. The quantitative estimate of drug-likeness (QED) is 0.732. The zero-order chi connectivity index (χ0) is 19.5. The molecule has 2 aromatic heterocycles. The van der Waals surface area contributed by atoms with Gasteiger partial charge in [-0.15, -0.1) is 0 Å². The van der Waals surface area contributed by atoms with E-state index in [1.54, 1.807) is 27.9 Å². The van der Waals surface area contributed by atoms with Crippen LogP contribution in [0.4, 0.5) is 0 Å². The fourth-order valence-corrected chi connectivity index (χ4v) is 3.50. The molecule has 1 aliphatic heterocycles. The molecule has 0 radical (unpaired) electrons. The Morgan fingerprint density at radius 3 is 2.64 bits per heavy atom. The third-order valence-electron chi connectivity index (χ3n) is 4.83. The van der Waals surface area contributed by atoms with Gasteiger partial charge in [0.05, 0.1) is 34.3 Å². The number of carbonyl (C=O) groups is 2. The predicted octanol–water partition coefficient (Wildman–Crippen LogP) is 3.15. The summed E-state index contributed by atoms with van der Waals surface area (Å²) < 4.78 is 6.56. The van der Waals surface area contributed by atoms with Crippen LogP contribution in [-0.2, 0) is 0 Å². The van der Waals surface area contributed by atoms with Gasteiger partial charge in [-0.1, -0.05) is 23.7 Å². The third-order valence-corrected chi connectivity index (χ3v) is 5.15. The lowest BCUT2D eigenvalue weighted by Crippen LogP contribution is -2.46. The maximum absolute atomic E-state index is 12.6. The number of nitrogens with zero attached hydrogens (tertiary/aromatic N) is 3. The number of carbonyl (C=O) groups excluding carboxylic acids is 2. The maximum Gasteiger partial charge on any atom is 0.257 e. The van der Waals surface area contributed by atoms with Gasteiger partial charge in [0.15, 0.2) is 0 Å². The van der Waals surface area contributed by atoms with Crippen molar-refractivity contribution in [3.63, 3.8) is 0 Å².